The van der Waals surface area contributed by atoms with Gasteiger partial charge < -0.3 is 4.90 Å². The molecule has 0 fully saturated rings. The van der Waals surface area contributed by atoms with E-state index in [1.54, 1.807) is 12.1 Å². The van der Waals surface area contributed by atoms with E-state index >= 15 is 0 Å². The number of rotatable bonds is 4. The molecule has 21 heavy (non-hydrogen) atoms. The second-order valence-electron chi connectivity index (χ2n) is 5.59. The number of hydrogen-bond donors (Lipinski definition) is 0. The highest BCUT2D eigenvalue weighted by Gasteiger charge is 2.15. The lowest BCUT2D eigenvalue weighted by Crippen LogP contribution is -2.25. The molecular formula is C18H18FNO. The highest BCUT2D eigenvalue weighted by Crippen LogP contribution is 2.23. The summed E-state index contributed by atoms with van der Waals surface area (Å²) >= 11 is 0. The van der Waals surface area contributed by atoms with Crippen LogP contribution in [0.2, 0.25) is 0 Å². The van der Waals surface area contributed by atoms with Crippen molar-refractivity contribution in [2.45, 2.75) is 19.3 Å². The Balaban J connectivity index is 1.72. The van der Waals surface area contributed by atoms with Crippen LogP contribution in [0.1, 0.15) is 27.9 Å². The first-order valence-electron chi connectivity index (χ1n) is 7.25. The molecule has 0 atom stereocenters. The van der Waals surface area contributed by atoms with E-state index in [4.69, 9.17) is 0 Å². The van der Waals surface area contributed by atoms with E-state index in [1.807, 2.05) is 24.1 Å². The van der Waals surface area contributed by atoms with Gasteiger partial charge in [0.25, 0.3) is 0 Å². The maximum Gasteiger partial charge on any atom is 0.182 e. The summed E-state index contributed by atoms with van der Waals surface area (Å²) in [5, 5.41) is 0. The van der Waals surface area contributed by atoms with Gasteiger partial charge in [-0.25, -0.2) is 4.39 Å². The molecule has 0 bridgehead atoms. The zero-order valence-corrected chi connectivity index (χ0v) is 12.1. The number of likely N-dealkylation sites (N-methyl/N-ethyl adjacent to an activating group) is 1. The number of fused-ring (bicyclic) bond motifs is 1. The maximum atomic E-state index is 12.9. The van der Waals surface area contributed by atoms with Gasteiger partial charge in [-0.2, -0.15) is 0 Å². The molecule has 0 spiro atoms. The van der Waals surface area contributed by atoms with E-state index in [1.165, 1.54) is 29.7 Å². The normalized spacial score (nSPS) is 13.0. The standard InChI is InChI=1S/C18H18FNO/c1-20(17-9-7-16(19)8-10-17)12-18(21)15-6-5-13-3-2-4-14(13)11-15/h5-11H,2-4,12H2,1H3. The second kappa shape index (κ2) is 5.68. The summed E-state index contributed by atoms with van der Waals surface area (Å²) < 4.78 is 12.9. The smallest absolute Gasteiger partial charge is 0.182 e. The van der Waals surface area contributed by atoms with E-state index in [-0.39, 0.29) is 11.6 Å². The van der Waals surface area contributed by atoms with Crippen LogP contribution in [0, 0.1) is 5.82 Å². The number of ketones is 1. The molecule has 0 aromatic heterocycles. The number of aryl methyl sites for hydroxylation is 2. The summed E-state index contributed by atoms with van der Waals surface area (Å²) in [6, 6.07) is 12.2. The van der Waals surface area contributed by atoms with Gasteiger partial charge >= 0.3 is 0 Å². The van der Waals surface area contributed by atoms with Crippen LogP contribution < -0.4 is 4.90 Å². The van der Waals surface area contributed by atoms with Crippen LogP contribution in [0.3, 0.4) is 0 Å². The van der Waals surface area contributed by atoms with Crippen LogP contribution in [0.15, 0.2) is 42.5 Å². The van der Waals surface area contributed by atoms with Gasteiger partial charge in [0, 0.05) is 18.3 Å². The van der Waals surface area contributed by atoms with Crippen LogP contribution in [0.25, 0.3) is 0 Å². The third-order valence-corrected chi connectivity index (χ3v) is 4.07. The lowest BCUT2D eigenvalue weighted by atomic mass is 10.0. The van der Waals surface area contributed by atoms with E-state index in [0.717, 1.165) is 24.1 Å². The number of Topliss-reactive ketones (excluding diaryl/α,β-unsaturated/α-hetero) is 1. The SMILES string of the molecule is CN(CC(=O)c1ccc2c(c1)CCC2)c1ccc(F)cc1. The van der Waals surface area contributed by atoms with Crippen molar-refractivity contribution in [1.29, 1.82) is 0 Å². The van der Waals surface area contributed by atoms with Gasteiger partial charge in [-0.05, 0) is 60.7 Å². The molecule has 0 unspecified atom stereocenters. The third kappa shape index (κ3) is 2.97. The zero-order valence-electron chi connectivity index (χ0n) is 12.1. The lowest BCUT2D eigenvalue weighted by molar-refractivity contribution is 0.100. The average molecular weight is 283 g/mol. The Labute approximate surface area is 124 Å². The highest BCUT2D eigenvalue weighted by molar-refractivity contribution is 5.99. The average Bonchev–Trinajstić information content (AvgIpc) is 2.95. The van der Waals surface area contributed by atoms with Gasteiger partial charge in [-0.1, -0.05) is 12.1 Å². The Kier molecular flexibility index (Phi) is 3.74. The van der Waals surface area contributed by atoms with Crippen molar-refractivity contribution in [2.75, 3.05) is 18.5 Å². The van der Waals surface area contributed by atoms with Crippen LogP contribution in [0.5, 0.6) is 0 Å². The highest BCUT2D eigenvalue weighted by atomic mass is 19.1. The molecule has 0 radical (unpaired) electrons. The van der Waals surface area contributed by atoms with E-state index in [0.29, 0.717) is 6.54 Å². The van der Waals surface area contributed by atoms with Gasteiger partial charge in [-0.15, -0.1) is 0 Å². The monoisotopic (exact) mass is 283 g/mol. The van der Waals surface area contributed by atoms with Crippen LogP contribution in [-0.4, -0.2) is 19.4 Å². The first-order valence-corrected chi connectivity index (χ1v) is 7.25. The fourth-order valence-corrected chi connectivity index (χ4v) is 2.84. The topological polar surface area (TPSA) is 20.3 Å². The van der Waals surface area contributed by atoms with Gasteiger partial charge in [0.05, 0.1) is 6.54 Å². The van der Waals surface area contributed by atoms with E-state index in [2.05, 4.69) is 6.07 Å². The molecule has 108 valence electrons. The van der Waals surface area contributed by atoms with Crippen molar-refractivity contribution >= 4 is 11.5 Å². The van der Waals surface area contributed by atoms with Crippen molar-refractivity contribution in [3.05, 3.63) is 65.0 Å². The Morgan fingerprint density at radius 1 is 1.10 bits per heavy atom. The maximum absolute atomic E-state index is 12.9. The molecule has 3 rings (SSSR count). The molecule has 0 amide bonds. The van der Waals surface area contributed by atoms with Crippen LogP contribution in [-0.2, 0) is 12.8 Å². The van der Waals surface area contributed by atoms with Crippen LogP contribution in [0.4, 0.5) is 10.1 Å². The minimum absolute atomic E-state index is 0.0940. The number of hydrogen-bond acceptors (Lipinski definition) is 2. The summed E-state index contributed by atoms with van der Waals surface area (Å²) in [7, 11) is 1.85. The summed E-state index contributed by atoms with van der Waals surface area (Å²) in [5.41, 5.74) is 4.29. The predicted octanol–water partition coefficient (Wildman–Crippen LogP) is 3.63. The van der Waals surface area contributed by atoms with Crippen molar-refractivity contribution in [2.24, 2.45) is 0 Å². The molecule has 0 aliphatic heterocycles. The number of nitrogens with zero attached hydrogens (tertiary/aromatic N) is 1. The zero-order chi connectivity index (χ0) is 14.8. The van der Waals surface area contributed by atoms with Crippen molar-refractivity contribution < 1.29 is 9.18 Å². The van der Waals surface area contributed by atoms with Gasteiger partial charge in [-0.3, -0.25) is 4.79 Å². The number of anilines is 1. The first kappa shape index (κ1) is 13.8. The third-order valence-electron chi connectivity index (χ3n) is 4.07. The molecule has 1 aliphatic carbocycles. The molecule has 3 heteroatoms. The van der Waals surface area contributed by atoms with Gasteiger partial charge in [0.2, 0.25) is 0 Å². The fraction of sp³-hybridized carbons (Fsp3) is 0.278. The van der Waals surface area contributed by atoms with Gasteiger partial charge in [0.1, 0.15) is 5.82 Å². The first-order chi connectivity index (χ1) is 10.1. The quantitative estimate of drug-likeness (QED) is 0.799. The summed E-state index contributed by atoms with van der Waals surface area (Å²) in [6.07, 6.45) is 3.38. The fourth-order valence-electron chi connectivity index (χ4n) is 2.84. The molecule has 0 saturated heterocycles. The molecule has 2 aromatic carbocycles. The predicted molar refractivity (Wildman–Crippen MR) is 82.5 cm³/mol. The number of carbonyl (C=O) groups is 1. The number of benzene rings is 2. The summed E-state index contributed by atoms with van der Waals surface area (Å²) in [4.78, 5) is 14.2. The van der Waals surface area contributed by atoms with E-state index in [9.17, 15) is 9.18 Å². The lowest BCUT2D eigenvalue weighted by Gasteiger charge is -2.18. The largest absolute Gasteiger partial charge is 0.367 e. The van der Waals surface area contributed by atoms with Crippen molar-refractivity contribution in [3.63, 3.8) is 0 Å². The summed E-state index contributed by atoms with van der Waals surface area (Å²) in [6.45, 7) is 0.296. The van der Waals surface area contributed by atoms with Crippen molar-refractivity contribution in [3.8, 4) is 0 Å². The Morgan fingerprint density at radius 3 is 2.57 bits per heavy atom. The minimum Gasteiger partial charge on any atom is -0.367 e. The second-order valence-corrected chi connectivity index (χ2v) is 5.59. The summed E-state index contributed by atoms with van der Waals surface area (Å²) in [5.74, 6) is -0.173. The Morgan fingerprint density at radius 2 is 1.81 bits per heavy atom. The minimum atomic E-state index is -0.267. The number of halogens is 1. The molecule has 0 heterocycles. The van der Waals surface area contributed by atoms with Crippen molar-refractivity contribution in [1.82, 2.24) is 0 Å². The molecule has 2 aromatic rings. The molecule has 0 N–H and O–H groups in total. The molecule has 0 saturated carbocycles. The van der Waals surface area contributed by atoms with Gasteiger partial charge in [0.15, 0.2) is 5.78 Å². The number of carbonyl (C=O) groups excluding carboxylic acids is 1. The van der Waals surface area contributed by atoms with Crippen LogP contribution >= 0.6 is 0 Å². The van der Waals surface area contributed by atoms with E-state index < -0.39 is 0 Å². The molecule has 2 nitrogen and oxygen atoms in total. The Bertz CT molecular complexity index is 663. The molecular weight excluding hydrogens is 265 g/mol. The molecule has 1 aliphatic rings. The Hall–Kier alpha value is -2.16.